The molecule has 1 saturated heterocycles. The van der Waals surface area contributed by atoms with Crippen molar-refractivity contribution in [1.29, 1.82) is 0 Å². The molecule has 1 aromatic heterocycles. The van der Waals surface area contributed by atoms with Crippen LogP contribution in [-0.4, -0.2) is 46.6 Å². The van der Waals surface area contributed by atoms with Crippen LogP contribution in [0.5, 0.6) is 11.5 Å². The van der Waals surface area contributed by atoms with Crippen molar-refractivity contribution >= 4 is 37.9 Å². The Morgan fingerprint density at radius 2 is 2.08 bits per heavy atom. The molecule has 0 spiro atoms. The van der Waals surface area contributed by atoms with Crippen LogP contribution in [0.4, 0.5) is 0 Å². The third kappa shape index (κ3) is 3.68. The molecule has 1 fully saturated rings. The van der Waals surface area contributed by atoms with Crippen LogP contribution < -0.4 is 19.5 Å². The molecule has 3 rings (SSSR count). The molecule has 1 aliphatic rings. The van der Waals surface area contributed by atoms with E-state index in [1.165, 1.54) is 14.2 Å². The van der Waals surface area contributed by atoms with Gasteiger partial charge in [-0.05, 0) is 29.9 Å². The van der Waals surface area contributed by atoms with E-state index in [9.17, 15) is 18.0 Å². The van der Waals surface area contributed by atoms with Gasteiger partial charge in [0.15, 0.2) is 21.3 Å². The van der Waals surface area contributed by atoms with Gasteiger partial charge in [-0.2, -0.15) is 0 Å². The Morgan fingerprint density at radius 1 is 1.31 bits per heavy atom. The number of benzene rings is 1. The van der Waals surface area contributed by atoms with Gasteiger partial charge in [-0.3, -0.25) is 9.59 Å². The molecule has 0 aliphatic carbocycles. The highest BCUT2D eigenvalue weighted by Gasteiger charge is 2.28. The summed E-state index contributed by atoms with van der Waals surface area (Å²) in [5.74, 6) is 0.591. The summed E-state index contributed by atoms with van der Waals surface area (Å²) in [7, 11) is -0.0376. The number of carbonyl (C=O) groups is 1. The van der Waals surface area contributed by atoms with E-state index in [1.807, 2.05) is 0 Å². The minimum atomic E-state index is -2.98. The largest absolute Gasteiger partial charge is 0.493 e. The van der Waals surface area contributed by atoms with E-state index < -0.39 is 9.84 Å². The first-order valence-corrected chi connectivity index (χ1v) is 10.7. The Balaban J connectivity index is 1.84. The maximum Gasteiger partial charge on any atom is 0.261 e. The number of nitrogens with one attached hydrogen (secondary N) is 1. The van der Waals surface area contributed by atoms with Gasteiger partial charge >= 0.3 is 0 Å². The molecule has 2 heterocycles. The van der Waals surface area contributed by atoms with Crippen molar-refractivity contribution in [2.45, 2.75) is 6.42 Å². The summed E-state index contributed by atoms with van der Waals surface area (Å²) in [5, 5.41) is 3.69. The number of hydrogen-bond donors (Lipinski definition) is 1. The second-order valence-electron chi connectivity index (χ2n) is 6.14. The lowest BCUT2D eigenvalue weighted by Gasteiger charge is -2.12. The van der Waals surface area contributed by atoms with Gasteiger partial charge in [0.05, 0.1) is 36.0 Å². The third-order valence-corrected chi connectivity index (χ3v) is 7.12. The summed E-state index contributed by atoms with van der Waals surface area (Å²) in [6, 6.07) is 5.01. The van der Waals surface area contributed by atoms with Crippen LogP contribution in [0.3, 0.4) is 0 Å². The second-order valence-corrected chi connectivity index (χ2v) is 9.39. The number of amides is 1. The van der Waals surface area contributed by atoms with Crippen LogP contribution in [0.25, 0.3) is 10.8 Å². The molecule has 0 bridgehead atoms. The summed E-state index contributed by atoms with van der Waals surface area (Å²) in [6.45, 7) is 0.281. The van der Waals surface area contributed by atoms with Gasteiger partial charge in [-0.1, -0.05) is 17.4 Å². The van der Waals surface area contributed by atoms with Crippen LogP contribution >= 0.6 is 11.3 Å². The van der Waals surface area contributed by atoms with Gasteiger partial charge in [-0.25, -0.2) is 8.42 Å². The van der Waals surface area contributed by atoms with Crippen LogP contribution in [0.1, 0.15) is 16.1 Å². The van der Waals surface area contributed by atoms with E-state index in [0.717, 1.165) is 11.3 Å². The molecular weight excluding hydrogens is 378 g/mol. The molecule has 1 aliphatic heterocycles. The van der Waals surface area contributed by atoms with Gasteiger partial charge < -0.3 is 14.8 Å². The molecule has 1 amide bonds. The predicted molar refractivity (Wildman–Crippen MR) is 100 cm³/mol. The normalized spacial score (nSPS) is 18.6. The molecule has 1 unspecified atom stereocenters. The standard InChI is InChI=1S/C17H19NO6S2/c1-23-12-4-3-11-7-13(25-17(20)14(11)15(12)24-2)16(19)18-8-10-5-6-26(21,22)9-10/h3-4,7,10H,5-6,8-9H2,1-2H3,(H,18,19). The maximum atomic E-state index is 12.5. The van der Waals surface area contributed by atoms with E-state index in [4.69, 9.17) is 9.47 Å². The van der Waals surface area contributed by atoms with E-state index in [0.29, 0.717) is 28.7 Å². The lowest BCUT2D eigenvalue weighted by molar-refractivity contribution is 0.0952. The summed E-state index contributed by atoms with van der Waals surface area (Å²) >= 11 is 0.825. The number of methoxy groups -OCH3 is 2. The number of ether oxygens (including phenoxy) is 2. The average Bonchev–Trinajstić information content (AvgIpc) is 2.97. The molecule has 2 aromatic rings. The van der Waals surface area contributed by atoms with Crippen molar-refractivity contribution in [3.63, 3.8) is 0 Å². The average molecular weight is 397 g/mol. The fourth-order valence-electron chi connectivity index (χ4n) is 3.06. The fraction of sp³-hybridized carbons (Fsp3) is 0.412. The topological polar surface area (TPSA) is 98.8 Å². The highest BCUT2D eigenvalue weighted by atomic mass is 32.2. The number of carbonyl (C=O) groups excluding carboxylic acids is 1. The summed E-state index contributed by atoms with van der Waals surface area (Å²) < 4.78 is 33.2. The smallest absolute Gasteiger partial charge is 0.261 e. The summed E-state index contributed by atoms with van der Waals surface area (Å²) in [4.78, 5) is 25.2. The molecular formula is C17H19NO6S2. The number of rotatable bonds is 5. The van der Waals surface area contributed by atoms with E-state index >= 15 is 0 Å². The monoisotopic (exact) mass is 397 g/mol. The molecule has 7 nitrogen and oxygen atoms in total. The third-order valence-electron chi connectivity index (χ3n) is 4.37. The first-order chi connectivity index (χ1) is 12.3. The van der Waals surface area contributed by atoms with Crippen LogP contribution in [0.2, 0.25) is 0 Å². The van der Waals surface area contributed by atoms with E-state index in [1.54, 1.807) is 18.2 Å². The zero-order valence-corrected chi connectivity index (χ0v) is 16.0. The van der Waals surface area contributed by atoms with Gasteiger partial charge in [-0.15, -0.1) is 0 Å². The summed E-state index contributed by atoms with van der Waals surface area (Å²) in [5.41, 5.74) is 0. The zero-order valence-electron chi connectivity index (χ0n) is 14.4. The molecule has 1 atom stereocenters. The van der Waals surface area contributed by atoms with Gasteiger partial charge in [0.1, 0.15) is 0 Å². The van der Waals surface area contributed by atoms with Crippen molar-refractivity contribution in [3.8, 4) is 11.5 Å². The SMILES string of the molecule is COc1ccc2cc(C(=O)NCC3CCS(=O)(=O)C3)sc(=O)c2c1OC. The predicted octanol–water partition coefficient (Wildman–Crippen LogP) is 1.44. The van der Waals surface area contributed by atoms with Crippen molar-refractivity contribution in [2.24, 2.45) is 5.92 Å². The second kappa shape index (κ2) is 7.24. The Morgan fingerprint density at radius 3 is 2.69 bits per heavy atom. The molecule has 26 heavy (non-hydrogen) atoms. The van der Waals surface area contributed by atoms with Gasteiger partial charge in [0.2, 0.25) is 4.74 Å². The highest BCUT2D eigenvalue weighted by Crippen LogP contribution is 2.34. The summed E-state index contributed by atoms with van der Waals surface area (Å²) in [6.07, 6.45) is 0.549. The number of sulfone groups is 1. The van der Waals surface area contributed by atoms with Crippen molar-refractivity contribution in [2.75, 3.05) is 32.3 Å². The number of hydrogen-bond acceptors (Lipinski definition) is 7. The Bertz CT molecular complexity index is 1010. The molecule has 0 saturated carbocycles. The zero-order chi connectivity index (χ0) is 18.9. The van der Waals surface area contributed by atoms with E-state index in [-0.39, 0.29) is 39.5 Å². The first-order valence-electron chi connectivity index (χ1n) is 8.02. The van der Waals surface area contributed by atoms with Crippen LogP contribution in [0, 0.1) is 5.92 Å². The Labute approximate surface area is 154 Å². The van der Waals surface area contributed by atoms with Crippen molar-refractivity contribution in [3.05, 3.63) is 32.6 Å². The number of fused-ring (bicyclic) bond motifs is 1. The fourth-order valence-corrected chi connectivity index (χ4v) is 5.79. The molecule has 9 heteroatoms. The van der Waals surface area contributed by atoms with Crippen molar-refractivity contribution < 1.29 is 22.7 Å². The lowest BCUT2D eigenvalue weighted by Crippen LogP contribution is -2.29. The lowest BCUT2D eigenvalue weighted by atomic mass is 10.1. The Hall–Kier alpha value is -2.13. The molecule has 140 valence electrons. The van der Waals surface area contributed by atoms with Crippen LogP contribution in [0.15, 0.2) is 23.0 Å². The molecule has 1 aromatic carbocycles. The minimum Gasteiger partial charge on any atom is -0.493 e. The van der Waals surface area contributed by atoms with Gasteiger partial charge in [0.25, 0.3) is 5.91 Å². The maximum absolute atomic E-state index is 12.5. The Kier molecular flexibility index (Phi) is 5.19. The van der Waals surface area contributed by atoms with Gasteiger partial charge in [0, 0.05) is 6.54 Å². The molecule has 0 radical (unpaired) electrons. The minimum absolute atomic E-state index is 0.0783. The highest BCUT2D eigenvalue weighted by molar-refractivity contribution is 7.91. The van der Waals surface area contributed by atoms with Crippen molar-refractivity contribution in [1.82, 2.24) is 5.32 Å². The van der Waals surface area contributed by atoms with Crippen LogP contribution in [-0.2, 0) is 9.84 Å². The molecule has 1 N–H and O–H groups in total. The van der Waals surface area contributed by atoms with E-state index in [2.05, 4.69) is 5.32 Å². The quantitative estimate of drug-likeness (QED) is 0.820. The first kappa shape index (κ1) is 18.7.